The molecule has 1 aliphatic rings. The highest BCUT2D eigenvalue weighted by Gasteiger charge is 2.32. The second-order valence-corrected chi connectivity index (χ2v) is 7.16. The first kappa shape index (κ1) is 18.8. The van der Waals surface area contributed by atoms with Gasteiger partial charge in [0.25, 0.3) is 0 Å². The third-order valence-corrected chi connectivity index (χ3v) is 5.57. The van der Waals surface area contributed by atoms with Crippen LogP contribution in [0, 0.1) is 5.41 Å². The molecule has 24 heavy (non-hydrogen) atoms. The number of rotatable bonds is 4. The minimum atomic E-state index is -0.458. The number of nitrogens with zero attached hydrogens (tertiary/aromatic N) is 1. The van der Waals surface area contributed by atoms with Gasteiger partial charge in [-0.1, -0.05) is 38.5 Å². The van der Waals surface area contributed by atoms with Crippen LogP contribution in [0.25, 0.3) is 10.9 Å². The summed E-state index contributed by atoms with van der Waals surface area (Å²) in [5.74, 6) is 0.0911. The Morgan fingerprint density at radius 2 is 2.00 bits per heavy atom. The van der Waals surface area contributed by atoms with E-state index in [1.54, 1.807) is 0 Å². The number of halogens is 1. The summed E-state index contributed by atoms with van der Waals surface area (Å²) in [6.45, 7) is 6.23. The van der Waals surface area contributed by atoms with Crippen molar-refractivity contribution in [3.63, 3.8) is 0 Å². The van der Waals surface area contributed by atoms with Gasteiger partial charge in [-0.2, -0.15) is 0 Å². The summed E-state index contributed by atoms with van der Waals surface area (Å²) in [7, 11) is 0. The molecule has 5 heteroatoms. The maximum atomic E-state index is 12.7. The van der Waals surface area contributed by atoms with Crippen molar-refractivity contribution >= 4 is 29.2 Å². The highest BCUT2D eigenvalue weighted by molar-refractivity contribution is 5.86. The van der Waals surface area contributed by atoms with Gasteiger partial charge in [0.15, 0.2) is 0 Å². The van der Waals surface area contributed by atoms with Gasteiger partial charge in [-0.3, -0.25) is 4.79 Å². The standard InChI is InChI=1S/C19H27N3O.ClH/c1-3-19(2)8-10-22(11-9-19)18(23)16(20)12-14-13-21-17-7-5-4-6-15(14)17;/h4-7,13,16,21H,3,8-12,20H2,1-2H3;1H/t16-;/m0./s1. The number of nitrogens with one attached hydrogen (secondary N) is 1. The van der Waals surface area contributed by atoms with Crippen LogP contribution < -0.4 is 5.73 Å². The van der Waals surface area contributed by atoms with E-state index >= 15 is 0 Å². The lowest BCUT2D eigenvalue weighted by atomic mass is 9.78. The van der Waals surface area contributed by atoms with Crippen LogP contribution in [0.1, 0.15) is 38.7 Å². The maximum Gasteiger partial charge on any atom is 0.239 e. The molecule has 1 saturated heterocycles. The molecule has 1 aliphatic heterocycles. The first-order valence-electron chi connectivity index (χ1n) is 8.62. The molecular formula is C19H28ClN3O. The highest BCUT2D eigenvalue weighted by atomic mass is 35.5. The van der Waals surface area contributed by atoms with Crippen molar-refractivity contribution in [3.05, 3.63) is 36.0 Å². The fraction of sp³-hybridized carbons (Fsp3) is 0.526. The van der Waals surface area contributed by atoms with Crippen molar-refractivity contribution in [1.29, 1.82) is 0 Å². The van der Waals surface area contributed by atoms with Gasteiger partial charge in [0, 0.05) is 30.2 Å². The fourth-order valence-corrected chi connectivity index (χ4v) is 3.48. The van der Waals surface area contributed by atoms with E-state index in [4.69, 9.17) is 5.73 Å². The highest BCUT2D eigenvalue weighted by Crippen LogP contribution is 2.34. The molecule has 4 nitrogen and oxygen atoms in total. The molecule has 0 unspecified atom stereocenters. The number of carbonyl (C=O) groups is 1. The molecular weight excluding hydrogens is 322 g/mol. The molecule has 1 aromatic heterocycles. The van der Waals surface area contributed by atoms with E-state index in [-0.39, 0.29) is 18.3 Å². The number of para-hydroxylation sites is 1. The molecule has 0 aliphatic carbocycles. The molecule has 0 bridgehead atoms. The largest absolute Gasteiger partial charge is 0.361 e. The fourth-order valence-electron chi connectivity index (χ4n) is 3.48. The summed E-state index contributed by atoms with van der Waals surface area (Å²) < 4.78 is 0. The summed E-state index contributed by atoms with van der Waals surface area (Å²) in [6.07, 6.45) is 5.90. The summed E-state index contributed by atoms with van der Waals surface area (Å²) in [4.78, 5) is 17.9. The number of aromatic nitrogens is 1. The van der Waals surface area contributed by atoms with Gasteiger partial charge in [-0.15, -0.1) is 12.4 Å². The normalized spacial score (nSPS) is 18.2. The zero-order valence-corrected chi connectivity index (χ0v) is 15.4. The minimum Gasteiger partial charge on any atom is -0.361 e. The monoisotopic (exact) mass is 349 g/mol. The molecule has 1 fully saturated rings. The van der Waals surface area contributed by atoms with Crippen LogP contribution >= 0.6 is 12.4 Å². The van der Waals surface area contributed by atoms with E-state index in [2.05, 4.69) is 24.9 Å². The van der Waals surface area contributed by atoms with Crippen LogP contribution in [-0.2, 0) is 11.2 Å². The number of aromatic amines is 1. The third kappa shape index (κ3) is 3.76. The molecule has 132 valence electrons. The quantitative estimate of drug-likeness (QED) is 0.887. The van der Waals surface area contributed by atoms with Crippen LogP contribution in [0.2, 0.25) is 0 Å². The molecule has 2 heterocycles. The Bertz CT molecular complexity index is 689. The molecule has 1 amide bonds. The van der Waals surface area contributed by atoms with E-state index in [1.165, 1.54) is 6.42 Å². The summed E-state index contributed by atoms with van der Waals surface area (Å²) in [5.41, 5.74) is 8.83. The Kier molecular flexibility index (Phi) is 5.94. The van der Waals surface area contributed by atoms with Crippen molar-refractivity contribution in [1.82, 2.24) is 9.88 Å². The lowest BCUT2D eigenvalue weighted by molar-refractivity contribution is -0.134. The number of piperidine rings is 1. The average Bonchev–Trinajstić information content (AvgIpc) is 2.98. The van der Waals surface area contributed by atoms with Crippen molar-refractivity contribution in [2.75, 3.05) is 13.1 Å². The predicted octanol–water partition coefficient (Wildman–Crippen LogP) is 3.50. The van der Waals surface area contributed by atoms with E-state index in [0.29, 0.717) is 11.8 Å². The average molecular weight is 350 g/mol. The second-order valence-electron chi connectivity index (χ2n) is 7.16. The Hall–Kier alpha value is -1.52. The van der Waals surface area contributed by atoms with Crippen molar-refractivity contribution < 1.29 is 4.79 Å². The Balaban J connectivity index is 0.00000208. The molecule has 0 saturated carbocycles. The molecule has 2 aromatic rings. The van der Waals surface area contributed by atoms with Gasteiger partial charge in [-0.05, 0) is 36.3 Å². The van der Waals surface area contributed by atoms with Gasteiger partial charge in [0.1, 0.15) is 0 Å². The number of carbonyl (C=O) groups excluding carboxylic acids is 1. The molecule has 3 N–H and O–H groups in total. The summed E-state index contributed by atoms with van der Waals surface area (Å²) in [6, 6.07) is 7.68. The maximum absolute atomic E-state index is 12.7. The minimum absolute atomic E-state index is 0. The molecule has 1 atom stereocenters. The smallest absolute Gasteiger partial charge is 0.239 e. The lowest BCUT2D eigenvalue weighted by Crippen LogP contribution is -2.49. The second kappa shape index (κ2) is 7.58. The van der Waals surface area contributed by atoms with E-state index in [9.17, 15) is 4.79 Å². The van der Waals surface area contributed by atoms with Gasteiger partial charge >= 0.3 is 0 Å². The van der Waals surface area contributed by atoms with Crippen molar-refractivity contribution in [3.8, 4) is 0 Å². The topological polar surface area (TPSA) is 62.1 Å². The zero-order chi connectivity index (χ0) is 16.4. The molecule has 0 radical (unpaired) electrons. The Morgan fingerprint density at radius 1 is 1.33 bits per heavy atom. The van der Waals surface area contributed by atoms with Gasteiger partial charge in [0.05, 0.1) is 6.04 Å². The Labute approximate surface area is 150 Å². The number of likely N-dealkylation sites (tertiary alicyclic amines) is 1. The van der Waals surface area contributed by atoms with Crippen molar-refractivity contribution in [2.45, 2.75) is 45.6 Å². The van der Waals surface area contributed by atoms with E-state index in [1.807, 2.05) is 29.3 Å². The molecule has 1 aromatic carbocycles. The van der Waals surface area contributed by atoms with Crippen LogP contribution in [0.3, 0.4) is 0 Å². The number of benzene rings is 1. The number of hydrogen-bond donors (Lipinski definition) is 2. The van der Waals surface area contributed by atoms with Gasteiger partial charge < -0.3 is 15.6 Å². The molecule has 3 rings (SSSR count). The van der Waals surface area contributed by atoms with Crippen LogP contribution in [0.5, 0.6) is 0 Å². The van der Waals surface area contributed by atoms with Crippen LogP contribution in [0.4, 0.5) is 0 Å². The third-order valence-electron chi connectivity index (χ3n) is 5.57. The number of H-pyrrole nitrogens is 1. The van der Waals surface area contributed by atoms with E-state index in [0.717, 1.165) is 42.4 Å². The summed E-state index contributed by atoms with van der Waals surface area (Å²) in [5, 5.41) is 1.16. The molecule has 0 spiro atoms. The van der Waals surface area contributed by atoms with Crippen LogP contribution in [0.15, 0.2) is 30.5 Å². The van der Waals surface area contributed by atoms with Crippen LogP contribution in [-0.4, -0.2) is 34.9 Å². The van der Waals surface area contributed by atoms with Gasteiger partial charge in [0.2, 0.25) is 5.91 Å². The Morgan fingerprint density at radius 3 is 2.67 bits per heavy atom. The van der Waals surface area contributed by atoms with E-state index < -0.39 is 6.04 Å². The first-order valence-corrected chi connectivity index (χ1v) is 8.62. The number of nitrogens with two attached hydrogens (primary N) is 1. The van der Waals surface area contributed by atoms with Crippen molar-refractivity contribution in [2.24, 2.45) is 11.1 Å². The number of hydrogen-bond acceptors (Lipinski definition) is 2. The lowest BCUT2D eigenvalue weighted by Gasteiger charge is -2.39. The zero-order valence-electron chi connectivity index (χ0n) is 14.5. The SMILES string of the molecule is CCC1(C)CCN(C(=O)[C@@H](N)Cc2c[nH]c3ccccc23)CC1.Cl. The summed E-state index contributed by atoms with van der Waals surface area (Å²) >= 11 is 0. The first-order chi connectivity index (χ1) is 11.0. The predicted molar refractivity (Wildman–Crippen MR) is 101 cm³/mol. The van der Waals surface area contributed by atoms with Gasteiger partial charge in [-0.25, -0.2) is 0 Å². The number of fused-ring (bicyclic) bond motifs is 1. The number of amides is 1.